The highest BCUT2D eigenvalue weighted by atomic mass is 19.4. The van der Waals surface area contributed by atoms with Crippen molar-refractivity contribution in [3.63, 3.8) is 0 Å². The average Bonchev–Trinajstić information content (AvgIpc) is 2.99. The first-order chi connectivity index (χ1) is 14.8. The summed E-state index contributed by atoms with van der Waals surface area (Å²) in [5.41, 5.74) is 2.11. The maximum Gasteiger partial charge on any atom is 0.417 e. The van der Waals surface area contributed by atoms with E-state index in [1.165, 1.54) is 26.1 Å². The third-order valence-corrected chi connectivity index (χ3v) is 5.95. The zero-order chi connectivity index (χ0) is 24.0. The van der Waals surface area contributed by atoms with Gasteiger partial charge in [0.2, 0.25) is 0 Å². The maximum absolute atomic E-state index is 14.2. The molecule has 2 aromatic rings. The number of hydrogen-bond donors (Lipinski definition) is 2. The molecule has 1 aromatic heterocycles. The fourth-order valence-electron chi connectivity index (χ4n) is 3.91. The third kappa shape index (κ3) is 3.92. The van der Waals surface area contributed by atoms with Gasteiger partial charge >= 0.3 is 6.18 Å². The van der Waals surface area contributed by atoms with E-state index in [-0.39, 0.29) is 22.5 Å². The molecule has 0 radical (unpaired) electrons. The van der Waals surface area contributed by atoms with E-state index >= 15 is 0 Å². The van der Waals surface area contributed by atoms with E-state index in [4.69, 9.17) is 10.5 Å². The van der Waals surface area contributed by atoms with Gasteiger partial charge < -0.3 is 15.8 Å². The Hall–Kier alpha value is -3.08. The first-order valence-corrected chi connectivity index (χ1v) is 9.53. The molecule has 3 N–H and O–H groups in total. The molecule has 1 saturated heterocycles. The lowest BCUT2D eigenvalue weighted by atomic mass is 9.76. The first kappa shape index (κ1) is 23.6. The van der Waals surface area contributed by atoms with Gasteiger partial charge in [-0.3, -0.25) is 14.6 Å². The molecule has 3 rings (SSSR count). The lowest BCUT2D eigenvalue weighted by molar-refractivity contribution is -0.272. The van der Waals surface area contributed by atoms with Gasteiger partial charge in [-0.1, -0.05) is 13.0 Å². The summed E-state index contributed by atoms with van der Waals surface area (Å²) in [5.74, 6) is -6.76. The minimum Gasteiger partial charge on any atom is -0.364 e. The van der Waals surface area contributed by atoms with Gasteiger partial charge in [0.15, 0.2) is 17.2 Å². The van der Waals surface area contributed by atoms with Crippen molar-refractivity contribution in [2.45, 2.75) is 44.6 Å². The Morgan fingerprint density at radius 1 is 1.22 bits per heavy atom. The number of alkyl halides is 3. The Kier molecular flexibility index (Phi) is 5.98. The molecule has 0 bridgehead atoms. The van der Waals surface area contributed by atoms with Crippen molar-refractivity contribution in [3.05, 3.63) is 58.9 Å². The minimum absolute atomic E-state index is 0.0251. The van der Waals surface area contributed by atoms with Crippen LogP contribution in [0.5, 0.6) is 0 Å². The van der Waals surface area contributed by atoms with Gasteiger partial charge in [-0.05, 0) is 43.2 Å². The van der Waals surface area contributed by atoms with Gasteiger partial charge in [-0.2, -0.15) is 13.2 Å². The van der Waals surface area contributed by atoms with Gasteiger partial charge in [0.05, 0.1) is 0 Å². The smallest absolute Gasteiger partial charge is 0.364 e. The summed E-state index contributed by atoms with van der Waals surface area (Å²) in [4.78, 5) is 28.0. The van der Waals surface area contributed by atoms with Crippen molar-refractivity contribution < 1.29 is 36.3 Å². The fourth-order valence-corrected chi connectivity index (χ4v) is 3.91. The molecule has 0 unspecified atom stereocenters. The van der Waals surface area contributed by atoms with E-state index in [1.807, 2.05) is 0 Å². The number of nitrogens with zero attached hydrogens (tertiary/aromatic N) is 1. The van der Waals surface area contributed by atoms with Gasteiger partial charge in [-0.15, -0.1) is 0 Å². The van der Waals surface area contributed by atoms with Crippen LogP contribution in [0.2, 0.25) is 0 Å². The predicted molar refractivity (Wildman–Crippen MR) is 104 cm³/mol. The number of nitrogens with two attached hydrogens (primary N) is 1. The molecule has 32 heavy (non-hydrogen) atoms. The standard InChI is InChI=1S/C21H20F5N3O3/c1-9-12(4-5-13(22)16(9)23)15-10(2)20(3,21(24,25)26)32-17(15)19(31)29-11-6-7-28-14(8-11)18(27)30/h4-8,10,15,17H,1-3H3,(H2,27,30)(H,28,29,31)/t10-,15-,17+,20-/m0/s1. The van der Waals surface area contributed by atoms with Crippen LogP contribution in [0.15, 0.2) is 30.5 Å². The van der Waals surface area contributed by atoms with Crippen LogP contribution in [0.3, 0.4) is 0 Å². The van der Waals surface area contributed by atoms with Crippen LogP contribution < -0.4 is 11.1 Å². The fraction of sp³-hybridized carbons (Fsp3) is 0.381. The number of hydrogen-bond acceptors (Lipinski definition) is 4. The summed E-state index contributed by atoms with van der Waals surface area (Å²) < 4.78 is 74.7. The summed E-state index contributed by atoms with van der Waals surface area (Å²) >= 11 is 0. The van der Waals surface area contributed by atoms with Crippen LogP contribution in [0.25, 0.3) is 0 Å². The largest absolute Gasteiger partial charge is 0.417 e. The molecule has 1 aromatic carbocycles. The molecule has 0 aliphatic carbocycles. The van der Waals surface area contributed by atoms with Crippen molar-refractivity contribution in [3.8, 4) is 0 Å². The zero-order valence-electron chi connectivity index (χ0n) is 17.3. The number of halogens is 5. The minimum atomic E-state index is -4.85. The topological polar surface area (TPSA) is 94.3 Å². The Morgan fingerprint density at radius 3 is 2.47 bits per heavy atom. The molecule has 2 amide bonds. The van der Waals surface area contributed by atoms with E-state index < -0.39 is 53.2 Å². The average molecular weight is 457 g/mol. The molecule has 1 fully saturated rings. The Morgan fingerprint density at radius 2 is 1.88 bits per heavy atom. The van der Waals surface area contributed by atoms with Crippen LogP contribution in [0.4, 0.5) is 27.6 Å². The molecular weight excluding hydrogens is 437 g/mol. The van der Waals surface area contributed by atoms with E-state index in [0.29, 0.717) is 0 Å². The van der Waals surface area contributed by atoms with Crippen LogP contribution in [0.1, 0.15) is 41.4 Å². The number of aromatic nitrogens is 1. The lowest BCUT2D eigenvalue weighted by Gasteiger charge is -2.32. The number of carbonyl (C=O) groups is 2. The zero-order valence-corrected chi connectivity index (χ0v) is 17.3. The Balaban J connectivity index is 2.05. The number of amides is 2. The van der Waals surface area contributed by atoms with Crippen LogP contribution in [-0.4, -0.2) is 34.7 Å². The summed E-state index contributed by atoms with van der Waals surface area (Å²) in [6.45, 7) is 3.27. The monoisotopic (exact) mass is 457 g/mol. The molecule has 1 aliphatic rings. The second-order valence-electron chi connectivity index (χ2n) is 7.82. The highest BCUT2D eigenvalue weighted by Gasteiger charge is 2.65. The molecular formula is C21H20F5N3O3. The number of rotatable bonds is 4. The van der Waals surface area contributed by atoms with Gasteiger partial charge in [0, 0.05) is 23.7 Å². The number of carbonyl (C=O) groups excluding carboxylic acids is 2. The van der Waals surface area contributed by atoms with Crippen LogP contribution in [-0.2, 0) is 9.53 Å². The molecule has 2 heterocycles. The Labute approximate surface area is 180 Å². The number of primary amides is 1. The number of benzene rings is 1. The molecule has 172 valence electrons. The van der Waals surface area contributed by atoms with E-state index in [1.54, 1.807) is 0 Å². The van der Waals surface area contributed by atoms with Crippen LogP contribution in [0, 0.1) is 24.5 Å². The molecule has 11 heteroatoms. The maximum atomic E-state index is 14.2. The number of pyridine rings is 1. The summed E-state index contributed by atoms with van der Waals surface area (Å²) in [6, 6.07) is 4.41. The van der Waals surface area contributed by atoms with Crippen LogP contribution >= 0.6 is 0 Å². The first-order valence-electron chi connectivity index (χ1n) is 9.53. The Bertz CT molecular complexity index is 1080. The van der Waals surface area contributed by atoms with Crippen molar-refractivity contribution in [1.29, 1.82) is 0 Å². The second kappa shape index (κ2) is 8.12. The second-order valence-corrected chi connectivity index (χ2v) is 7.82. The highest BCUT2D eigenvalue weighted by Crippen LogP contribution is 2.54. The van der Waals surface area contributed by atoms with Crippen molar-refractivity contribution >= 4 is 17.5 Å². The van der Waals surface area contributed by atoms with Crippen molar-refractivity contribution in [2.75, 3.05) is 5.32 Å². The number of ether oxygens (including phenoxy) is 1. The predicted octanol–water partition coefficient (Wildman–Crippen LogP) is 3.85. The van der Waals surface area contributed by atoms with Gasteiger partial charge in [0.25, 0.3) is 11.8 Å². The van der Waals surface area contributed by atoms with E-state index in [9.17, 15) is 31.5 Å². The quantitative estimate of drug-likeness (QED) is 0.682. The third-order valence-electron chi connectivity index (χ3n) is 5.95. The van der Waals surface area contributed by atoms with Crippen molar-refractivity contribution in [2.24, 2.45) is 11.7 Å². The van der Waals surface area contributed by atoms with Crippen molar-refractivity contribution in [1.82, 2.24) is 4.98 Å². The van der Waals surface area contributed by atoms with E-state index in [0.717, 1.165) is 25.1 Å². The number of nitrogens with one attached hydrogen (secondary N) is 1. The summed E-state index contributed by atoms with van der Waals surface area (Å²) in [7, 11) is 0. The molecule has 0 saturated carbocycles. The normalized spacial score (nSPS) is 25.6. The molecule has 1 aliphatic heterocycles. The highest BCUT2D eigenvalue weighted by molar-refractivity contribution is 5.97. The molecule has 6 nitrogen and oxygen atoms in total. The SMILES string of the molecule is Cc1c([C@H]2[C@H](C(=O)Nc3ccnc(C(N)=O)c3)O[C@](C)(C(F)(F)F)[C@H]2C)ccc(F)c1F. The van der Waals surface area contributed by atoms with Gasteiger partial charge in [0.1, 0.15) is 11.8 Å². The summed E-state index contributed by atoms with van der Waals surface area (Å²) in [5, 5.41) is 2.39. The lowest BCUT2D eigenvalue weighted by Crippen LogP contribution is -2.47. The van der Waals surface area contributed by atoms with E-state index in [2.05, 4.69) is 10.3 Å². The molecule has 4 atom stereocenters. The molecule has 0 spiro atoms. The number of anilines is 1. The summed E-state index contributed by atoms with van der Waals surface area (Å²) in [6.07, 6.45) is -5.35. The van der Waals surface area contributed by atoms with Gasteiger partial charge in [-0.25, -0.2) is 8.78 Å².